The van der Waals surface area contributed by atoms with Crippen molar-refractivity contribution >= 4 is 16.3 Å². The summed E-state index contributed by atoms with van der Waals surface area (Å²) in [4.78, 5) is 5.44. The number of aliphatic hydroxyl groups excluding tert-OH is 1. The van der Waals surface area contributed by atoms with E-state index in [9.17, 15) is 5.11 Å². The fourth-order valence-corrected chi connectivity index (χ4v) is 2.94. The summed E-state index contributed by atoms with van der Waals surface area (Å²) in [6, 6.07) is 7.60. The summed E-state index contributed by atoms with van der Waals surface area (Å²) in [6.07, 6.45) is 3.80. The highest BCUT2D eigenvalue weighted by Gasteiger charge is 2.15. The Morgan fingerprint density at radius 2 is 2.25 bits per heavy atom. The predicted molar refractivity (Wildman–Crippen MR) is 79.3 cm³/mol. The molecule has 4 nitrogen and oxygen atoms in total. The second-order valence-corrected chi connectivity index (χ2v) is 5.39. The predicted octanol–water partition coefficient (Wildman–Crippen LogP) is 3.07. The number of hydrogen-bond acceptors (Lipinski definition) is 4. The van der Waals surface area contributed by atoms with E-state index in [1.54, 1.807) is 11.3 Å². The van der Waals surface area contributed by atoms with E-state index in [4.69, 9.17) is 4.74 Å². The number of aromatic nitrogens is 2. The van der Waals surface area contributed by atoms with Gasteiger partial charge < -0.3 is 9.84 Å². The molecule has 2 heterocycles. The molecule has 1 atom stereocenters. The first-order valence-corrected chi connectivity index (χ1v) is 7.46. The van der Waals surface area contributed by atoms with E-state index in [1.807, 2.05) is 53.4 Å². The van der Waals surface area contributed by atoms with Crippen LogP contribution in [0, 0.1) is 0 Å². The molecule has 1 N–H and O–H groups in total. The van der Waals surface area contributed by atoms with Crippen LogP contribution in [0.15, 0.2) is 42.0 Å². The van der Waals surface area contributed by atoms with Gasteiger partial charge in [-0.1, -0.05) is 18.2 Å². The second kappa shape index (κ2) is 5.64. The number of imidazole rings is 1. The average molecular weight is 288 g/mol. The molecule has 0 bridgehead atoms. The number of ether oxygens (including phenoxy) is 1. The van der Waals surface area contributed by atoms with Gasteiger partial charge in [0.1, 0.15) is 5.75 Å². The molecule has 0 aliphatic rings. The lowest BCUT2D eigenvalue weighted by Gasteiger charge is -2.14. The molecule has 0 amide bonds. The number of hydrogen-bond donors (Lipinski definition) is 1. The van der Waals surface area contributed by atoms with Crippen LogP contribution in [0.2, 0.25) is 0 Å². The maximum absolute atomic E-state index is 10.4. The zero-order valence-electron chi connectivity index (χ0n) is 11.2. The van der Waals surface area contributed by atoms with Crippen molar-refractivity contribution in [3.63, 3.8) is 0 Å². The molecule has 0 radical (unpaired) electrons. The van der Waals surface area contributed by atoms with E-state index in [1.165, 1.54) is 0 Å². The van der Waals surface area contributed by atoms with Crippen molar-refractivity contribution in [1.29, 1.82) is 0 Å². The number of benzene rings is 1. The Morgan fingerprint density at radius 3 is 3.05 bits per heavy atom. The fourth-order valence-electron chi connectivity index (χ4n) is 2.23. The quantitative estimate of drug-likeness (QED) is 0.785. The number of fused-ring (bicyclic) bond motifs is 1. The van der Waals surface area contributed by atoms with Crippen LogP contribution in [0.3, 0.4) is 0 Å². The van der Waals surface area contributed by atoms with Crippen LogP contribution in [0.5, 0.6) is 5.75 Å². The van der Waals surface area contributed by atoms with Crippen molar-refractivity contribution in [1.82, 2.24) is 9.38 Å². The third kappa shape index (κ3) is 2.55. The van der Waals surface area contributed by atoms with Gasteiger partial charge in [-0.05, 0) is 13.0 Å². The van der Waals surface area contributed by atoms with Gasteiger partial charge in [0.25, 0.3) is 0 Å². The lowest BCUT2D eigenvalue weighted by molar-refractivity contribution is 0.171. The molecule has 1 aromatic carbocycles. The highest BCUT2D eigenvalue weighted by molar-refractivity contribution is 7.15. The van der Waals surface area contributed by atoms with E-state index >= 15 is 0 Å². The summed E-state index contributed by atoms with van der Waals surface area (Å²) in [6.45, 7) is 2.52. The minimum atomic E-state index is -0.609. The number of nitrogens with zero attached hydrogens (tertiary/aromatic N) is 2. The Hall–Kier alpha value is -1.85. The molecule has 2 aromatic heterocycles. The van der Waals surface area contributed by atoms with Gasteiger partial charge in [0.2, 0.25) is 0 Å². The topological polar surface area (TPSA) is 46.8 Å². The molecule has 104 valence electrons. The van der Waals surface area contributed by atoms with E-state index in [2.05, 4.69) is 4.98 Å². The van der Waals surface area contributed by atoms with Crippen molar-refractivity contribution in [3.05, 3.63) is 53.3 Å². The zero-order valence-corrected chi connectivity index (χ0v) is 12.0. The van der Waals surface area contributed by atoms with Gasteiger partial charge in [0, 0.05) is 29.8 Å². The molecule has 3 rings (SSSR count). The Balaban J connectivity index is 1.82. The number of aliphatic hydroxyl groups is 1. The maximum Gasteiger partial charge on any atom is 0.193 e. The van der Waals surface area contributed by atoms with E-state index in [0.29, 0.717) is 13.0 Å². The van der Waals surface area contributed by atoms with Gasteiger partial charge in [0.15, 0.2) is 4.96 Å². The maximum atomic E-state index is 10.4. The van der Waals surface area contributed by atoms with Crippen molar-refractivity contribution in [2.75, 3.05) is 6.61 Å². The van der Waals surface area contributed by atoms with E-state index < -0.39 is 6.10 Å². The van der Waals surface area contributed by atoms with Crippen LogP contribution in [0.1, 0.15) is 24.3 Å². The van der Waals surface area contributed by atoms with Crippen molar-refractivity contribution in [3.8, 4) is 5.75 Å². The summed E-state index contributed by atoms with van der Waals surface area (Å²) in [7, 11) is 0. The molecule has 0 saturated heterocycles. The molecule has 0 spiro atoms. The number of rotatable bonds is 5. The largest absolute Gasteiger partial charge is 0.493 e. The minimum absolute atomic E-state index is 0.485. The van der Waals surface area contributed by atoms with Crippen LogP contribution >= 0.6 is 11.3 Å². The molecule has 3 aromatic rings. The Kier molecular flexibility index (Phi) is 3.71. The fraction of sp³-hybridized carbons (Fsp3) is 0.267. The smallest absolute Gasteiger partial charge is 0.193 e. The van der Waals surface area contributed by atoms with Gasteiger partial charge in [-0.15, -0.1) is 11.3 Å². The van der Waals surface area contributed by atoms with Crippen LogP contribution in [-0.4, -0.2) is 21.1 Å². The monoisotopic (exact) mass is 288 g/mol. The molecule has 20 heavy (non-hydrogen) atoms. The van der Waals surface area contributed by atoms with E-state index in [0.717, 1.165) is 22.0 Å². The molecular formula is C15H16N2O2S. The Morgan fingerprint density at radius 1 is 1.40 bits per heavy atom. The first-order valence-electron chi connectivity index (χ1n) is 6.58. The summed E-state index contributed by atoms with van der Waals surface area (Å²) in [5, 5.41) is 12.4. The zero-order chi connectivity index (χ0) is 13.9. The molecule has 5 heteroatoms. The van der Waals surface area contributed by atoms with Crippen LogP contribution in [0.25, 0.3) is 4.96 Å². The van der Waals surface area contributed by atoms with Gasteiger partial charge in [-0.3, -0.25) is 4.40 Å². The first kappa shape index (κ1) is 13.1. The number of para-hydroxylation sites is 1. The van der Waals surface area contributed by atoms with Gasteiger partial charge in [0.05, 0.1) is 18.4 Å². The molecule has 0 fully saturated rings. The van der Waals surface area contributed by atoms with Crippen LogP contribution in [-0.2, 0) is 6.42 Å². The summed E-state index contributed by atoms with van der Waals surface area (Å²) in [5.74, 6) is 0.739. The summed E-state index contributed by atoms with van der Waals surface area (Å²) >= 11 is 1.59. The third-order valence-electron chi connectivity index (χ3n) is 3.12. The summed E-state index contributed by atoms with van der Waals surface area (Å²) in [5.41, 5.74) is 1.70. The molecule has 0 aliphatic heterocycles. The molecule has 0 saturated carbocycles. The normalized spacial score (nSPS) is 12.7. The highest BCUT2D eigenvalue weighted by atomic mass is 32.1. The van der Waals surface area contributed by atoms with E-state index in [-0.39, 0.29) is 0 Å². The minimum Gasteiger partial charge on any atom is -0.493 e. The Labute approximate surface area is 121 Å². The van der Waals surface area contributed by atoms with Crippen molar-refractivity contribution < 1.29 is 9.84 Å². The molecule has 1 unspecified atom stereocenters. The average Bonchev–Trinajstić information content (AvgIpc) is 3.00. The summed E-state index contributed by atoms with van der Waals surface area (Å²) < 4.78 is 7.53. The van der Waals surface area contributed by atoms with Gasteiger partial charge in [-0.2, -0.15) is 0 Å². The van der Waals surface area contributed by atoms with Gasteiger partial charge >= 0.3 is 0 Å². The lowest BCUT2D eigenvalue weighted by atomic mass is 10.0. The second-order valence-electron chi connectivity index (χ2n) is 4.52. The molecule has 0 aliphatic carbocycles. The van der Waals surface area contributed by atoms with Crippen LogP contribution < -0.4 is 4.74 Å². The van der Waals surface area contributed by atoms with Crippen LogP contribution in [0.4, 0.5) is 0 Å². The third-order valence-corrected chi connectivity index (χ3v) is 3.89. The standard InChI is InChI=1S/C15H16N2O2S/c1-2-19-14-6-4-3-5-12(14)13(18)9-11-10-17-7-8-20-15(17)16-11/h3-8,10,13,18H,2,9H2,1H3. The lowest BCUT2D eigenvalue weighted by Crippen LogP contribution is -2.05. The highest BCUT2D eigenvalue weighted by Crippen LogP contribution is 2.27. The van der Waals surface area contributed by atoms with Crippen molar-refractivity contribution in [2.45, 2.75) is 19.4 Å². The Bertz CT molecular complexity index is 676. The number of thiazole rings is 1. The molecular weight excluding hydrogens is 272 g/mol. The van der Waals surface area contributed by atoms with Crippen molar-refractivity contribution in [2.24, 2.45) is 0 Å². The first-order chi connectivity index (χ1) is 9.78. The SMILES string of the molecule is CCOc1ccccc1C(O)Cc1cn2ccsc2n1. The van der Waals surface area contributed by atoms with Gasteiger partial charge in [-0.25, -0.2) is 4.98 Å².